The molecule has 0 atom stereocenters. The molecule has 3 heteroatoms. The maximum Gasteiger partial charge on any atom is 0.320 e. The van der Waals surface area contributed by atoms with Crippen molar-refractivity contribution in [3.05, 3.63) is 11.6 Å². The van der Waals surface area contributed by atoms with Gasteiger partial charge in [-0.05, 0) is 24.7 Å². The van der Waals surface area contributed by atoms with Crippen LogP contribution in [0.2, 0.25) is 0 Å². The number of hydrogen-bond donors (Lipinski definition) is 0. The highest BCUT2D eigenvalue weighted by molar-refractivity contribution is 5.76. The summed E-state index contributed by atoms with van der Waals surface area (Å²) in [6.07, 6.45) is 7.34. The number of carbonyl (C=O) groups excluding carboxylic acids is 1. The van der Waals surface area contributed by atoms with E-state index in [0.29, 0.717) is 5.41 Å². The van der Waals surface area contributed by atoms with E-state index in [0.717, 1.165) is 32.6 Å². The van der Waals surface area contributed by atoms with Crippen LogP contribution in [0.25, 0.3) is 0 Å². The van der Waals surface area contributed by atoms with Crippen molar-refractivity contribution in [1.82, 2.24) is 9.80 Å². The minimum atomic E-state index is 0.252. The van der Waals surface area contributed by atoms with Crippen LogP contribution in [0.5, 0.6) is 0 Å². The first kappa shape index (κ1) is 13.0. The molecule has 0 radical (unpaired) electrons. The Labute approximate surface area is 116 Å². The molecule has 0 aromatic carbocycles. The van der Waals surface area contributed by atoms with E-state index < -0.39 is 0 Å². The summed E-state index contributed by atoms with van der Waals surface area (Å²) >= 11 is 0. The van der Waals surface area contributed by atoms with Crippen LogP contribution in [-0.2, 0) is 0 Å². The molecule has 2 heterocycles. The Hall–Kier alpha value is -0.990. The van der Waals surface area contributed by atoms with Gasteiger partial charge >= 0.3 is 6.03 Å². The van der Waals surface area contributed by atoms with Gasteiger partial charge in [-0.25, -0.2) is 4.79 Å². The van der Waals surface area contributed by atoms with Crippen molar-refractivity contribution in [2.45, 2.75) is 46.5 Å². The summed E-state index contributed by atoms with van der Waals surface area (Å²) in [6.45, 7) is 10.5. The average molecular weight is 262 g/mol. The molecule has 106 valence electrons. The summed E-state index contributed by atoms with van der Waals surface area (Å²) in [4.78, 5) is 16.5. The van der Waals surface area contributed by atoms with E-state index in [9.17, 15) is 4.79 Å². The minimum Gasteiger partial charge on any atom is -0.323 e. The van der Waals surface area contributed by atoms with Crippen LogP contribution in [0, 0.1) is 10.8 Å². The van der Waals surface area contributed by atoms with Crippen molar-refractivity contribution in [3.8, 4) is 0 Å². The number of carbonyl (C=O) groups is 1. The summed E-state index contributed by atoms with van der Waals surface area (Å²) in [6, 6.07) is 0.265. The highest BCUT2D eigenvalue weighted by Crippen LogP contribution is 2.48. The lowest BCUT2D eigenvalue weighted by atomic mass is 9.64. The molecule has 0 N–H and O–H groups in total. The molecule has 0 aromatic rings. The summed E-state index contributed by atoms with van der Waals surface area (Å²) in [5.41, 5.74) is 2.29. The number of amides is 2. The Balaban J connectivity index is 1.54. The molecule has 19 heavy (non-hydrogen) atoms. The molecule has 3 rings (SSSR count). The van der Waals surface area contributed by atoms with Crippen molar-refractivity contribution in [1.29, 1.82) is 0 Å². The largest absolute Gasteiger partial charge is 0.323 e. The highest BCUT2D eigenvalue weighted by atomic mass is 16.2. The second-order valence-electron chi connectivity index (χ2n) is 7.67. The number of hydrogen-bond acceptors (Lipinski definition) is 1. The van der Waals surface area contributed by atoms with E-state index in [4.69, 9.17) is 0 Å². The molecule has 3 nitrogen and oxygen atoms in total. The van der Waals surface area contributed by atoms with Crippen LogP contribution in [0.4, 0.5) is 4.79 Å². The molecule has 0 bridgehead atoms. The van der Waals surface area contributed by atoms with Gasteiger partial charge in [-0.3, -0.25) is 0 Å². The van der Waals surface area contributed by atoms with Crippen molar-refractivity contribution in [2.75, 3.05) is 26.2 Å². The molecular formula is C16H26N2O. The van der Waals surface area contributed by atoms with Crippen molar-refractivity contribution < 1.29 is 4.79 Å². The molecule has 2 amide bonds. The van der Waals surface area contributed by atoms with Gasteiger partial charge in [0.15, 0.2) is 0 Å². The monoisotopic (exact) mass is 262 g/mol. The minimum absolute atomic E-state index is 0.252. The molecular weight excluding hydrogens is 236 g/mol. The summed E-state index contributed by atoms with van der Waals surface area (Å²) in [5.74, 6) is 0. The number of likely N-dealkylation sites (tertiary alicyclic amines) is 1. The van der Waals surface area contributed by atoms with Gasteiger partial charge in [0.1, 0.15) is 0 Å². The fourth-order valence-corrected chi connectivity index (χ4v) is 3.62. The molecule has 2 aliphatic heterocycles. The van der Waals surface area contributed by atoms with Crippen molar-refractivity contribution >= 4 is 6.03 Å². The first-order chi connectivity index (χ1) is 8.90. The Kier molecular flexibility index (Phi) is 2.91. The van der Waals surface area contributed by atoms with Gasteiger partial charge in [0, 0.05) is 31.6 Å². The first-order valence-electron chi connectivity index (χ1n) is 7.63. The summed E-state index contributed by atoms with van der Waals surface area (Å²) in [5, 5.41) is 0. The fraction of sp³-hybridized carbons (Fsp3) is 0.812. The maximum atomic E-state index is 12.4. The Morgan fingerprint density at radius 1 is 1.21 bits per heavy atom. The maximum absolute atomic E-state index is 12.4. The Bertz CT molecular complexity index is 407. The molecule has 1 spiro atoms. The lowest BCUT2D eigenvalue weighted by Gasteiger charge is -2.56. The topological polar surface area (TPSA) is 23.6 Å². The van der Waals surface area contributed by atoms with Gasteiger partial charge in [0.25, 0.3) is 0 Å². The zero-order chi connectivity index (χ0) is 13.7. The zero-order valence-electron chi connectivity index (χ0n) is 12.5. The van der Waals surface area contributed by atoms with Crippen LogP contribution in [-0.4, -0.2) is 42.0 Å². The first-order valence-corrected chi connectivity index (χ1v) is 7.63. The van der Waals surface area contributed by atoms with E-state index in [1.807, 2.05) is 4.90 Å². The van der Waals surface area contributed by atoms with Gasteiger partial charge in [-0.2, -0.15) is 0 Å². The lowest BCUT2D eigenvalue weighted by molar-refractivity contribution is -0.0404. The smallest absolute Gasteiger partial charge is 0.320 e. The third-order valence-corrected chi connectivity index (χ3v) is 5.18. The normalized spacial score (nSPS) is 25.7. The van der Waals surface area contributed by atoms with Gasteiger partial charge in [-0.15, -0.1) is 0 Å². The zero-order valence-corrected chi connectivity index (χ0v) is 12.5. The standard InChI is InChI=1S/C16H26N2O/c1-15(2,3)13-5-9-17(10-6-13)14(19)18-11-16(12-18)7-4-8-16/h5H,4,6-12H2,1-3H3. The molecule has 3 aliphatic rings. The Morgan fingerprint density at radius 3 is 2.32 bits per heavy atom. The van der Waals surface area contributed by atoms with Crippen molar-refractivity contribution in [3.63, 3.8) is 0 Å². The molecule has 0 unspecified atom stereocenters. The van der Waals surface area contributed by atoms with Crippen LogP contribution in [0.15, 0.2) is 11.6 Å². The predicted molar refractivity (Wildman–Crippen MR) is 77.0 cm³/mol. The van der Waals surface area contributed by atoms with E-state index >= 15 is 0 Å². The van der Waals surface area contributed by atoms with E-state index in [-0.39, 0.29) is 11.4 Å². The van der Waals surface area contributed by atoms with E-state index in [2.05, 4.69) is 31.7 Å². The predicted octanol–water partition coefficient (Wildman–Crippen LogP) is 3.27. The third kappa shape index (κ3) is 2.28. The number of nitrogens with zero attached hydrogens (tertiary/aromatic N) is 2. The van der Waals surface area contributed by atoms with Crippen LogP contribution >= 0.6 is 0 Å². The molecule has 2 fully saturated rings. The fourth-order valence-electron chi connectivity index (χ4n) is 3.62. The van der Waals surface area contributed by atoms with Gasteiger partial charge in [-0.1, -0.05) is 38.8 Å². The average Bonchev–Trinajstić information content (AvgIpc) is 2.24. The van der Waals surface area contributed by atoms with Crippen molar-refractivity contribution in [2.24, 2.45) is 10.8 Å². The quantitative estimate of drug-likeness (QED) is 0.615. The van der Waals surface area contributed by atoms with Gasteiger partial charge in [0.05, 0.1) is 0 Å². The lowest BCUT2D eigenvalue weighted by Crippen LogP contribution is -2.64. The molecule has 1 saturated carbocycles. The summed E-state index contributed by atoms with van der Waals surface area (Å²) < 4.78 is 0. The SMILES string of the molecule is CC(C)(C)C1=CCN(C(=O)N2CC3(CCC3)C2)CC1. The second kappa shape index (κ2) is 4.26. The van der Waals surface area contributed by atoms with Crippen LogP contribution < -0.4 is 0 Å². The molecule has 0 aromatic heterocycles. The third-order valence-electron chi connectivity index (χ3n) is 5.18. The number of urea groups is 1. The second-order valence-corrected chi connectivity index (χ2v) is 7.67. The Morgan fingerprint density at radius 2 is 1.89 bits per heavy atom. The van der Waals surface area contributed by atoms with Crippen LogP contribution in [0.1, 0.15) is 46.5 Å². The molecule has 1 aliphatic carbocycles. The van der Waals surface area contributed by atoms with E-state index in [1.54, 1.807) is 0 Å². The van der Waals surface area contributed by atoms with Gasteiger partial charge in [0.2, 0.25) is 0 Å². The van der Waals surface area contributed by atoms with Crippen LogP contribution in [0.3, 0.4) is 0 Å². The number of rotatable bonds is 0. The molecule has 1 saturated heterocycles. The van der Waals surface area contributed by atoms with E-state index in [1.165, 1.54) is 24.8 Å². The highest BCUT2D eigenvalue weighted by Gasteiger charge is 2.49. The van der Waals surface area contributed by atoms with Gasteiger partial charge < -0.3 is 9.80 Å². The summed E-state index contributed by atoms with van der Waals surface area (Å²) in [7, 11) is 0.